The summed E-state index contributed by atoms with van der Waals surface area (Å²) in [6.45, 7) is 3.90. The summed E-state index contributed by atoms with van der Waals surface area (Å²) in [5.41, 5.74) is 2.17. The van der Waals surface area contributed by atoms with Crippen molar-refractivity contribution in [3.63, 3.8) is 0 Å². The van der Waals surface area contributed by atoms with E-state index in [1.54, 1.807) is 48.5 Å². The second-order valence-electron chi connectivity index (χ2n) is 12.7. The van der Waals surface area contributed by atoms with Crippen LogP contribution in [-0.4, -0.2) is 23.6 Å². The molecule has 5 aliphatic rings. The topological polar surface area (TPSA) is 74.8 Å². The molecule has 2 bridgehead atoms. The molecule has 4 unspecified atom stereocenters. The minimum atomic E-state index is -1.16. The molecule has 0 N–H and O–H groups in total. The number of para-hydroxylation sites is 2. The second kappa shape index (κ2) is 9.20. The van der Waals surface area contributed by atoms with Crippen LogP contribution < -0.4 is 9.80 Å². The fourth-order valence-electron chi connectivity index (χ4n) is 9.09. The Morgan fingerprint density at radius 2 is 0.659 bits per heavy atom. The first kappa shape index (κ1) is 26.5. The lowest BCUT2D eigenvalue weighted by Gasteiger charge is -2.62. The highest BCUT2D eigenvalue weighted by Crippen LogP contribution is 2.76. The van der Waals surface area contributed by atoms with Gasteiger partial charge in [0.25, 0.3) is 0 Å². The van der Waals surface area contributed by atoms with Gasteiger partial charge in [-0.2, -0.15) is 0 Å². The Labute approximate surface area is 255 Å². The Bertz CT molecular complexity index is 1700. The van der Waals surface area contributed by atoms with Crippen LogP contribution in [-0.2, 0) is 19.2 Å². The molecule has 2 aliphatic heterocycles. The van der Waals surface area contributed by atoms with E-state index in [4.69, 9.17) is 0 Å². The van der Waals surface area contributed by atoms with Crippen LogP contribution >= 0.6 is 0 Å². The molecule has 44 heavy (non-hydrogen) atoms. The number of allylic oxidation sites excluding steroid dienone is 2. The van der Waals surface area contributed by atoms with E-state index in [1.165, 1.54) is 9.80 Å². The number of carbonyl (C=O) groups is 4. The van der Waals surface area contributed by atoms with Gasteiger partial charge in [0.1, 0.15) is 0 Å². The Balaban J connectivity index is 1.47. The summed E-state index contributed by atoms with van der Waals surface area (Å²) in [6.07, 6.45) is 0. The van der Waals surface area contributed by atoms with Crippen LogP contribution in [0.1, 0.15) is 25.0 Å². The number of rotatable bonds is 4. The van der Waals surface area contributed by atoms with Crippen LogP contribution in [0.2, 0.25) is 0 Å². The molecule has 0 spiro atoms. The minimum Gasteiger partial charge on any atom is -0.274 e. The van der Waals surface area contributed by atoms with Gasteiger partial charge < -0.3 is 0 Å². The molecular formula is C38H30N2O4. The number of anilines is 2. The molecule has 4 aromatic rings. The molecule has 3 aliphatic carbocycles. The molecule has 6 heteroatoms. The molecule has 2 heterocycles. The third-order valence-electron chi connectivity index (χ3n) is 10.7. The summed E-state index contributed by atoms with van der Waals surface area (Å²) in [7, 11) is 0. The molecule has 4 amide bonds. The predicted octanol–water partition coefficient (Wildman–Crippen LogP) is 6.25. The zero-order valence-corrected chi connectivity index (χ0v) is 24.4. The predicted molar refractivity (Wildman–Crippen MR) is 168 cm³/mol. The van der Waals surface area contributed by atoms with Crippen molar-refractivity contribution in [2.75, 3.05) is 9.80 Å². The van der Waals surface area contributed by atoms with Crippen LogP contribution in [0.3, 0.4) is 0 Å². The lowest BCUT2D eigenvalue weighted by atomic mass is 9.36. The van der Waals surface area contributed by atoms with Crippen molar-refractivity contribution in [3.05, 3.63) is 132 Å². The number of hydrogen-bond donors (Lipinski definition) is 0. The lowest BCUT2D eigenvalue weighted by Crippen LogP contribution is -2.64. The van der Waals surface area contributed by atoms with Crippen molar-refractivity contribution in [1.82, 2.24) is 0 Å². The van der Waals surface area contributed by atoms with Crippen molar-refractivity contribution >= 4 is 46.1 Å². The Kier molecular flexibility index (Phi) is 5.54. The average molecular weight is 579 g/mol. The summed E-state index contributed by atoms with van der Waals surface area (Å²) in [5, 5.41) is 0. The molecular weight excluding hydrogens is 548 g/mol. The first-order chi connectivity index (χ1) is 21.3. The molecule has 6 nitrogen and oxygen atoms in total. The molecule has 4 aromatic carbocycles. The minimum absolute atomic E-state index is 0.322. The molecule has 0 radical (unpaired) electrons. The first-order valence-corrected chi connectivity index (χ1v) is 15.0. The first-order valence-electron chi connectivity index (χ1n) is 15.0. The number of amides is 4. The average Bonchev–Trinajstić information content (AvgIpc) is 3.50. The maximum Gasteiger partial charge on any atom is 0.238 e. The van der Waals surface area contributed by atoms with Crippen LogP contribution in [0.5, 0.6) is 0 Å². The number of nitrogens with zero attached hydrogens (tertiary/aromatic N) is 2. The van der Waals surface area contributed by atoms with Gasteiger partial charge in [-0.1, -0.05) is 111 Å². The Hall–Kier alpha value is -5.10. The van der Waals surface area contributed by atoms with E-state index in [0.29, 0.717) is 11.4 Å². The molecule has 9 rings (SSSR count). The van der Waals surface area contributed by atoms with Crippen LogP contribution in [0, 0.1) is 34.5 Å². The maximum atomic E-state index is 14.7. The largest absolute Gasteiger partial charge is 0.274 e. The van der Waals surface area contributed by atoms with Gasteiger partial charge >= 0.3 is 0 Å². The summed E-state index contributed by atoms with van der Waals surface area (Å²) >= 11 is 0. The number of benzene rings is 4. The van der Waals surface area contributed by atoms with Gasteiger partial charge in [0.05, 0.1) is 35.0 Å². The fraction of sp³-hybridized carbons (Fsp3) is 0.211. The van der Waals surface area contributed by atoms with E-state index in [-0.39, 0.29) is 23.6 Å². The van der Waals surface area contributed by atoms with Gasteiger partial charge in [0.2, 0.25) is 23.6 Å². The van der Waals surface area contributed by atoms with Crippen LogP contribution in [0.4, 0.5) is 11.4 Å². The molecule has 0 aromatic heterocycles. The third-order valence-corrected chi connectivity index (χ3v) is 10.7. The smallest absolute Gasteiger partial charge is 0.238 e. The van der Waals surface area contributed by atoms with Crippen molar-refractivity contribution in [2.45, 2.75) is 13.8 Å². The van der Waals surface area contributed by atoms with E-state index in [9.17, 15) is 19.2 Å². The van der Waals surface area contributed by atoms with E-state index < -0.39 is 34.5 Å². The normalized spacial score (nSPS) is 30.7. The van der Waals surface area contributed by atoms with Gasteiger partial charge in [-0.3, -0.25) is 19.2 Å². The Morgan fingerprint density at radius 3 is 0.932 bits per heavy atom. The maximum absolute atomic E-state index is 14.7. The molecule has 2 saturated heterocycles. The van der Waals surface area contributed by atoms with Gasteiger partial charge in [0, 0.05) is 10.8 Å². The summed E-state index contributed by atoms with van der Waals surface area (Å²) in [6, 6.07) is 37.6. The van der Waals surface area contributed by atoms with Crippen molar-refractivity contribution < 1.29 is 19.2 Å². The van der Waals surface area contributed by atoms with Gasteiger partial charge in [-0.05, 0) is 46.5 Å². The van der Waals surface area contributed by atoms with E-state index in [0.717, 1.165) is 22.3 Å². The van der Waals surface area contributed by atoms with E-state index in [2.05, 4.69) is 0 Å². The van der Waals surface area contributed by atoms with E-state index in [1.807, 2.05) is 86.6 Å². The zero-order chi connectivity index (χ0) is 30.4. The molecule has 3 fully saturated rings. The lowest BCUT2D eigenvalue weighted by molar-refractivity contribution is -0.151. The standard InChI is InChI=1S/C38H30N2O4/c1-37-27(23-15-7-3-8-16-23)28(24-17-9-4-10-18-24)38(2,31-29(37)33(41)39(35(31)43)25-19-11-5-12-20-25)32-30(37)34(42)40(36(32)44)26-21-13-6-14-22-26/h3-22,29-32H,1-2H3. The van der Waals surface area contributed by atoms with E-state index >= 15 is 0 Å². The highest BCUT2D eigenvalue weighted by Gasteiger charge is 2.80. The summed E-state index contributed by atoms with van der Waals surface area (Å²) in [5.74, 6) is -4.63. The highest BCUT2D eigenvalue weighted by atomic mass is 16.2. The number of imide groups is 2. The van der Waals surface area contributed by atoms with Gasteiger partial charge in [0.15, 0.2) is 0 Å². The van der Waals surface area contributed by atoms with Crippen molar-refractivity contribution in [1.29, 1.82) is 0 Å². The van der Waals surface area contributed by atoms with Crippen LogP contribution in [0.25, 0.3) is 11.1 Å². The quantitative estimate of drug-likeness (QED) is 0.269. The monoisotopic (exact) mass is 578 g/mol. The van der Waals surface area contributed by atoms with Gasteiger partial charge in [-0.15, -0.1) is 0 Å². The SMILES string of the molecule is CC12C(c3ccccc3)=C(c3ccccc3)C(C)(C3C(=O)N(c4ccccc4)C(=O)C31)C1C(=O)N(c3ccccc3)C(=O)C12. The summed E-state index contributed by atoms with van der Waals surface area (Å²) < 4.78 is 0. The number of carbonyl (C=O) groups excluding carboxylic acids is 4. The van der Waals surface area contributed by atoms with Crippen molar-refractivity contribution in [2.24, 2.45) is 34.5 Å². The fourth-order valence-corrected chi connectivity index (χ4v) is 9.09. The summed E-state index contributed by atoms with van der Waals surface area (Å²) in [4.78, 5) is 61.4. The zero-order valence-electron chi connectivity index (χ0n) is 24.4. The third kappa shape index (κ3) is 3.15. The van der Waals surface area contributed by atoms with Crippen LogP contribution in [0.15, 0.2) is 121 Å². The molecule has 1 saturated carbocycles. The second-order valence-corrected chi connectivity index (χ2v) is 12.7. The van der Waals surface area contributed by atoms with Crippen molar-refractivity contribution in [3.8, 4) is 0 Å². The van der Waals surface area contributed by atoms with Gasteiger partial charge in [-0.25, -0.2) is 9.80 Å². The highest BCUT2D eigenvalue weighted by molar-refractivity contribution is 6.30. The molecule has 216 valence electrons. The Morgan fingerprint density at radius 1 is 0.409 bits per heavy atom. The number of hydrogen-bond acceptors (Lipinski definition) is 4. The molecule has 4 atom stereocenters.